The second-order valence-electron chi connectivity index (χ2n) is 5.87. The Balaban J connectivity index is 1.84. The summed E-state index contributed by atoms with van der Waals surface area (Å²) in [6.45, 7) is -0.562. The predicted octanol–water partition coefficient (Wildman–Crippen LogP) is 1.77. The number of hydrogen-bond donors (Lipinski definition) is 2. The SMILES string of the molecule is COc1ccc(OC)c(NC(=O)CN2C(=O)COc3ccc(C(=O)O)cc32)c1. The number of carboxylic acid groups (broad SMARTS) is 1. The summed E-state index contributed by atoms with van der Waals surface area (Å²) < 4.78 is 15.7. The second-order valence-corrected chi connectivity index (χ2v) is 5.87. The van der Waals surface area contributed by atoms with Gasteiger partial charge in [-0.3, -0.25) is 14.5 Å². The highest BCUT2D eigenvalue weighted by molar-refractivity contribution is 6.06. The van der Waals surface area contributed by atoms with Crippen LogP contribution in [0.2, 0.25) is 0 Å². The Kier molecular flexibility index (Phi) is 5.35. The number of nitrogens with one attached hydrogen (secondary N) is 1. The number of ether oxygens (including phenoxy) is 3. The number of benzene rings is 2. The smallest absolute Gasteiger partial charge is 0.335 e. The van der Waals surface area contributed by atoms with Crippen molar-refractivity contribution in [2.45, 2.75) is 0 Å². The number of nitrogens with zero attached hydrogens (tertiary/aromatic N) is 1. The van der Waals surface area contributed by atoms with Crippen LogP contribution in [0.1, 0.15) is 10.4 Å². The number of amides is 2. The summed E-state index contributed by atoms with van der Waals surface area (Å²) in [4.78, 5) is 37.3. The highest BCUT2D eigenvalue weighted by Gasteiger charge is 2.28. The maximum absolute atomic E-state index is 12.6. The number of carbonyl (C=O) groups excluding carboxylic acids is 2. The average Bonchev–Trinajstić information content (AvgIpc) is 2.69. The molecule has 2 N–H and O–H groups in total. The van der Waals surface area contributed by atoms with Crippen LogP contribution in [-0.4, -0.2) is 50.3 Å². The number of carboxylic acids is 1. The minimum Gasteiger partial charge on any atom is -0.497 e. The normalized spacial score (nSPS) is 12.6. The lowest BCUT2D eigenvalue weighted by Gasteiger charge is -2.29. The van der Waals surface area contributed by atoms with Crippen LogP contribution in [0.5, 0.6) is 17.2 Å². The molecule has 2 aromatic rings. The van der Waals surface area contributed by atoms with E-state index in [4.69, 9.17) is 14.2 Å². The topological polar surface area (TPSA) is 114 Å². The molecule has 1 heterocycles. The third-order valence-corrected chi connectivity index (χ3v) is 4.13. The molecule has 0 atom stereocenters. The van der Waals surface area contributed by atoms with Crippen LogP contribution in [0.4, 0.5) is 11.4 Å². The van der Waals surface area contributed by atoms with E-state index in [-0.39, 0.29) is 24.4 Å². The number of aromatic carboxylic acids is 1. The van der Waals surface area contributed by atoms with Gasteiger partial charge in [-0.25, -0.2) is 4.79 Å². The van der Waals surface area contributed by atoms with Crippen molar-refractivity contribution in [3.05, 3.63) is 42.0 Å². The first kappa shape index (κ1) is 19.0. The van der Waals surface area contributed by atoms with E-state index in [1.54, 1.807) is 18.2 Å². The van der Waals surface area contributed by atoms with Crippen LogP contribution in [0.25, 0.3) is 0 Å². The zero-order valence-corrected chi connectivity index (χ0v) is 15.2. The van der Waals surface area contributed by atoms with Crippen molar-refractivity contribution in [2.75, 3.05) is 37.6 Å². The van der Waals surface area contributed by atoms with Gasteiger partial charge in [0.1, 0.15) is 23.8 Å². The monoisotopic (exact) mass is 386 g/mol. The van der Waals surface area contributed by atoms with Crippen LogP contribution < -0.4 is 24.4 Å². The number of fused-ring (bicyclic) bond motifs is 1. The summed E-state index contributed by atoms with van der Waals surface area (Å²) in [7, 11) is 2.96. The fraction of sp³-hybridized carbons (Fsp3) is 0.211. The Morgan fingerprint density at radius 1 is 1.18 bits per heavy atom. The molecule has 0 spiro atoms. The molecule has 1 aliphatic heterocycles. The average molecular weight is 386 g/mol. The zero-order valence-electron chi connectivity index (χ0n) is 15.2. The first-order valence-corrected chi connectivity index (χ1v) is 8.25. The number of rotatable bonds is 6. The van der Waals surface area contributed by atoms with Gasteiger partial charge in [0.2, 0.25) is 5.91 Å². The van der Waals surface area contributed by atoms with Gasteiger partial charge < -0.3 is 24.6 Å². The van der Waals surface area contributed by atoms with E-state index in [0.717, 1.165) is 0 Å². The van der Waals surface area contributed by atoms with Crippen molar-refractivity contribution in [3.8, 4) is 17.2 Å². The predicted molar refractivity (Wildman–Crippen MR) is 99.4 cm³/mol. The molecule has 1 aliphatic rings. The van der Waals surface area contributed by atoms with Crippen molar-refractivity contribution in [1.82, 2.24) is 0 Å². The molecular weight excluding hydrogens is 368 g/mol. The van der Waals surface area contributed by atoms with Crippen LogP contribution in [0.15, 0.2) is 36.4 Å². The standard InChI is InChI=1S/C19H18N2O7/c1-26-12-4-6-15(27-2)13(8-12)20-17(22)9-21-14-7-11(19(24)25)3-5-16(14)28-10-18(21)23/h3-8H,9-10H2,1-2H3,(H,20,22)(H,24,25). The summed E-state index contributed by atoms with van der Waals surface area (Å²) in [6.07, 6.45) is 0. The minimum absolute atomic E-state index is 0.0167. The van der Waals surface area contributed by atoms with E-state index in [1.807, 2.05) is 0 Å². The van der Waals surface area contributed by atoms with Crippen LogP contribution in [0, 0.1) is 0 Å². The van der Waals surface area contributed by atoms with E-state index in [2.05, 4.69) is 5.32 Å². The molecule has 2 aromatic carbocycles. The van der Waals surface area contributed by atoms with Crippen LogP contribution in [0.3, 0.4) is 0 Å². The van der Waals surface area contributed by atoms with Gasteiger partial charge in [-0.1, -0.05) is 0 Å². The molecule has 0 aromatic heterocycles. The van der Waals surface area contributed by atoms with E-state index in [1.165, 1.54) is 37.3 Å². The second kappa shape index (κ2) is 7.87. The molecule has 2 amide bonds. The van der Waals surface area contributed by atoms with Gasteiger partial charge in [0.05, 0.1) is 31.2 Å². The molecule has 146 valence electrons. The molecule has 0 saturated carbocycles. The first-order valence-electron chi connectivity index (χ1n) is 8.25. The molecule has 9 heteroatoms. The summed E-state index contributed by atoms with van der Waals surface area (Å²) in [6, 6.07) is 9.05. The minimum atomic E-state index is -1.15. The maximum Gasteiger partial charge on any atom is 0.335 e. The fourth-order valence-corrected chi connectivity index (χ4v) is 2.75. The molecule has 0 bridgehead atoms. The Morgan fingerprint density at radius 2 is 1.96 bits per heavy atom. The maximum atomic E-state index is 12.6. The summed E-state index contributed by atoms with van der Waals surface area (Å²) in [5, 5.41) is 11.9. The van der Waals surface area contributed by atoms with Crippen LogP contribution in [-0.2, 0) is 9.59 Å². The number of carbonyl (C=O) groups is 3. The molecule has 9 nitrogen and oxygen atoms in total. The van der Waals surface area contributed by atoms with Gasteiger partial charge in [0.25, 0.3) is 5.91 Å². The van der Waals surface area contributed by atoms with E-state index in [0.29, 0.717) is 22.9 Å². The molecule has 28 heavy (non-hydrogen) atoms. The molecule has 0 fully saturated rings. The summed E-state index contributed by atoms with van der Waals surface area (Å²) in [5.74, 6) is -0.815. The van der Waals surface area contributed by atoms with E-state index in [9.17, 15) is 19.5 Å². The third-order valence-electron chi connectivity index (χ3n) is 4.13. The quantitative estimate of drug-likeness (QED) is 0.777. The Morgan fingerprint density at radius 3 is 2.64 bits per heavy atom. The lowest BCUT2D eigenvalue weighted by atomic mass is 10.1. The lowest BCUT2D eigenvalue weighted by molar-refractivity contribution is -0.123. The zero-order chi connectivity index (χ0) is 20.3. The van der Waals surface area contributed by atoms with E-state index >= 15 is 0 Å². The molecule has 0 aliphatic carbocycles. The lowest BCUT2D eigenvalue weighted by Crippen LogP contribution is -2.43. The molecule has 0 saturated heterocycles. The molecular formula is C19H18N2O7. The van der Waals surface area contributed by atoms with Gasteiger partial charge in [0, 0.05) is 6.07 Å². The Hall–Kier alpha value is -3.75. The van der Waals surface area contributed by atoms with Crippen molar-refractivity contribution >= 4 is 29.2 Å². The van der Waals surface area contributed by atoms with Crippen molar-refractivity contribution in [1.29, 1.82) is 0 Å². The van der Waals surface area contributed by atoms with Gasteiger partial charge >= 0.3 is 5.97 Å². The molecule has 0 unspecified atom stereocenters. The molecule has 0 radical (unpaired) electrons. The van der Waals surface area contributed by atoms with Gasteiger partial charge in [-0.05, 0) is 30.3 Å². The van der Waals surface area contributed by atoms with E-state index < -0.39 is 17.8 Å². The first-order chi connectivity index (χ1) is 13.4. The summed E-state index contributed by atoms with van der Waals surface area (Å²) in [5.41, 5.74) is 0.591. The van der Waals surface area contributed by atoms with Gasteiger partial charge in [-0.15, -0.1) is 0 Å². The van der Waals surface area contributed by atoms with Gasteiger partial charge in [-0.2, -0.15) is 0 Å². The van der Waals surface area contributed by atoms with Crippen molar-refractivity contribution < 1.29 is 33.7 Å². The third kappa shape index (κ3) is 3.83. The Bertz CT molecular complexity index is 942. The van der Waals surface area contributed by atoms with Gasteiger partial charge in [0.15, 0.2) is 6.61 Å². The fourth-order valence-electron chi connectivity index (χ4n) is 2.75. The number of anilines is 2. The Labute approximate surface area is 160 Å². The number of methoxy groups -OCH3 is 2. The molecule has 3 rings (SSSR count). The highest BCUT2D eigenvalue weighted by Crippen LogP contribution is 2.33. The van der Waals surface area contributed by atoms with Crippen LogP contribution >= 0.6 is 0 Å². The summed E-state index contributed by atoms with van der Waals surface area (Å²) >= 11 is 0. The van der Waals surface area contributed by atoms with Crippen molar-refractivity contribution in [2.24, 2.45) is 0 Å². The number of hydrogen-bond acceptors (Lipinski definition) is 6. The van der Waals surface area contributed by atoms with Crippen molar-refractivity contribution in [3.63, 3.8) is 0 Å². The highest BCUT2D eigenvalue weighted by atomic mass is 16.5. The largest absolute Gasteiger partial charge is 0.497 e.